The molecule has 0 radical (unpaired) electrons. The minimum absolute atomic E-state index is 0.896. The van der Waals surface area contributed by atoms with Crippen LogP contribution in [0.5, 0.6) is 0 Å². The summed E-state index contributed by atoms with van der Waals surface area (Å²) in [5, 5.41) is 4.21. The van der Waals surface area contributed by atoms with Gasteiger partial charge in [0.25, 0.3) is 0 Å². The van der Waals surface area contributed by atoms with Gasteiger partial charge >= 0.3 is 0 Å². The Kier molecular flexibility index (Phi) is 1.53. The predicted molar refractivity (Wildman–Crippen MR) is 45.0 cm³/mol. The molecule has 0 unspecified atom stereocenters. The summed E-state index contributed by atoms with van der Waals surface area (Å²) in [6.45, 7) is 4.78. The fraction of sp³-hybridized carbons (Fsp3) is 0.444. The molecule has 58 valence electrons. The minimum Gasteiger partial charge on any atom is -0.272 e. The maximum absolute atomic E-state index is 4.21. The monoisotopic (exact) mass is 148 g/mol. The largest absolute Gasteiger partial charge is 0.272 e. The smallest absolute Gasteiger partial charge is 0.0562 e. The highest BCUT2D eigenvalue weighted by molar-refractivity contribution is 5.43. The topological polar surface area (TPSA) is 17.8 Å². The van der Waals surface area contributed by atoms with E-state index in [9.17, 15) is 0 Å². The number of rotatable bonds is 3. The van der Waals surface area contributed by atoms with Crippen molar-refractivity contribution in [1.29, 1.82) is 0 Å². The van der Waals surface area contributed by atoms with Crippen molar-refractivity contribution in [3.63, 3.8) is 0 Å². The fourth-order valence-electron chi connectivity index (χ4n) is 1.15. The molecule has 0 amide bonds. The molecule has 0 N–H and O–H groups in total. The molecule has 1 saturated carbocycles. The molecular formula is C9H12N2. The second kappa shape index (κ2) is 2.53. The highest BCUT2D eigenvalue weighted by atomic mass is 15.3. The first-order valence-electron chi connectivity index (χ1n) is 4.03. The molecule has 1 aliphatic carbocycles. The van der Waals surface area contributed by atoms with Crippen LogP contribution in [-0.4, -0.2) is 9.78 Å². The maximum atomic E-state index is 4.21. The first-order chi connectivity index (χ1) is 5.38. The highest BCUT2D eigenvalue weighted by Gasteiger charge is 2.21. The van der Waals surface area contributed by atoms with E-state index < -0.39 is 0 Å². The third kappa shape index (κ3) is 1.50. The number of aromatic nitrogens is 2. The van der Waals surface area contributed by atoms with E-state index in [1.807, 2.05) is 23.2 Å². The van der Waals surface area contributed by atoms with Crippen LogP contribution in [0.1, 0.15) is 18.4 Å². The quantitative estimate of drug-likeness (QED) is 0.640. The van der Waals surface area contributed by atoms with Crippen LogP contribution >= 0.6 is 0 Å². The summed E-state index contributed by atoms with van der Waals surface area (Å²) in [6.07, 6.45) is 8.49. The van der Waals surface area contributed by atoms with Crippen molar-refractivity contribution in [1.82, 2.24) is 9.78 Å². The van der Waals surface area contributed by atoms with Gasteiger partial charge in [0.15, 0.2) is 0 Å². The Morgan fingerprint density at radius 2 is 2.55 bits per heavy atom. The van der Waals surface area contributed by atoms with Gasteiger partial charge in [-0.15, -0.1) is 0 Å². The van der Waals surface area contributed by atoms with Crippen molar-refractivity contribution in [2.75, 3.05) is 0 Å². The van der Waals surface area contributed by atoms with E-state index in [-0.39, 0.29) is 0 Å². The van der Waals surface area contributed by atoms with Gasteiger partial charge in [-0.3, -0.25) is 4.68 Å². The molecule has 1 aromatic rings. The van der Waals surface area contributed by atoms with E-state index in [1.54, 1.807) is 0 Å². The van der Waals surface area contributed by atoms with Gasteiger partial charge in [0, 0.05) is 18.3 Å². The second-order valence-electron chi connectivity index (χ2n) is 3.14. The van der Waals surface area contributed by atoms with Crippen LogP contribution in [0, 0.1) is 5.92 Å². The van der Waals surface area contributed by atoms with Gasteiger partial charge in [-0.2, -0.15) is 5.10 Å². The van der Waals surface area contributed by atoms with Crippen LogP contribution in [0.4, 0.5) is 0 Å². The Balaban J connectivity index is 2.05. The van der Waals surface area contributed by atoms with Crippen LogP contribution in [0.25, 0.3) is 6.08 Å². The van der Waals surface area contributed by atoms with E-state index in [0.717, 1.165) is 18.0 Å². The van der Waals surface area contributed by atoms with Gasteiger partial charge in [-0.05, 0) is 18.8 Å². The molecule has 1 fully saturated rings. The maximum Gasteiger partial charge on any atom is 0.0562 e. The molecule has 2 heteroatoms. The Bertz CT molecular complexity index is 258. The fourth-order valence-corrected chi connectivity index (χ4v) is 1.15. The Hall–Kier alpha value is -1.05. The highest BCUT2D eigenvalue weighted by Crippen LogP contribution is 2.30. The van der Waals surface area contributed by atoms with Crippen LogP contribution in [0.3, 0.4) is 0 Å². The summed E-state index contributed by atoms with van der Waals surface area (Å²) in [5.41, 5.74) is 1.12. The van der Waals surface area contributed by atoms with E-state index in [0.29, 0.717) is 0 Å². The van der Waals surface area contributed by atoms with Crippen molar-refractivity contribution in [2.24, 2.45) is 5.92 Å². The van der Waals surface area contributed by atoms with Crippen molar-refractivity contribution >= 4 is 6.08 Å². The lowest BCUT2D eigenvalue weighted by molar-refractivity contribution is 0.563. The molecule has 0 spiro atoms. The van der Waals surface area contributed by atoms with Crippen molar-refractivity contribution in [3.8, 4) is 0 Å². The summed E-state index contributed by atoms with van der Waals surface area (Å²) in [6, 6.07) is 0. The van der Waals surface area contributed by atoms with Gasteiger partial charge in [-0.25, -0.2) is 0 Å². The molecule has 0 saturated heterocycles. The number of hydrogen-bond donors (Lipinski definition) is 0. The van der Waals surface area contributed by atoms with E-state index in [4.69, 9.17) is 0 Å². The molecular weight excluding hydrogens is 136 g/mol. The predicted octanol–water partition coefficient (Wildman–Crippen LogP) is 1.94. The molecule has 0 atom stereocenters. The van der Waals surface area contributed by atoms with E-state index in [1.165, 1.54) is 12.8 Å². The average Bonchev–Trinajstić information content (AvgIpc) is 2.68. The van der Waals surface area contributed by atoms with E-state index >= 15 is 0 Å². The zero-order valence-electron chi connectivity index (χ0n) is 6.53. The molecule has 0 aromatic carbocycles. The number of hydrogen-bond acceptors (Lipinski definition) is 1. The zero-order chi connectivity index (χ0) is 7.68. The van der Waals surface area contributed by atoms with Crippen LogP contribution in [-0.2, 0) is 6.54 Å². The third-order valence-electron chi connectivity index (χ3n) is 2.03. The SMILES string of the molecule is C=Cc1cnn(CC2CC2)c1. The van der Waals surface area contributed by atoms with Crippen molar-refractivity contribution < 1.29 is 0 Å². The Morgan fingerprint density at radius 3 is 3.09 bits per heavy atom. The van der Waals surface area contributed by atoms with Gasteiger partial charge in [0.1, 0.15) is 0 Å². The summed E-state index contributed by atoms with van der Waals surface area (Å²) in [5.74, 6) is 0.896. The molecule has 0 bridgehead atoms. The molecule has 1 aliphatic rings. The first-order valence-corrected chi connectivity index (χ1v) is 4.03. The standard InChI is InChI=1S/C9H12N2/c1-2-8-5-10-11(6-8)7-9-3-4-9/h2,5-6,9H,1,3-4,7H2. The molecule has 1 aromatic heterocycles. The lowest BCUT2D eigenvalue weighted by Crippen LogP contribution is -1.98. The van der Waals surface area contributed by atoms with Gasteiger partial charge in [-0.1, -0.05) is 12.7 Å². The lowest BCUT2D eigenvalue weighted by Gasteiger charge is -1.95. The summed E-state index contributed by atoms with van der Waals surface area (Å²) < 4.78 is 2.01. The van der Waals surface area contributed by atoms with Crippen molar-refractivity contribution in [2.45, 2.75) is 19.4 Å². The molecule has 11 heavy (non-hydrogen) atoms. The normalized spacial score (nSPS) is 16.7. The summed E-state index contributed by atoms with van der Waals surface area (Å²) >= 11 is 0. The van der Waals surface area contributed by atoms with Crippen LogP contribution < -0.4 is 0 Å². The van der Waals surface area contributed by atoms with Gasteiger partial charge in [0.2, 0.25) is 0 Å². The molecule has 2 nitrogen and oxygen atoms in total. The van der Waals surface area contributed by atoms with Crippen LogP contribution in [0.2, 0.25) is 0 Å². The Labute approximate surface area is 66.5 Å². The minimum atomic E-state index is 0.896. The summed E-state index contributed by atoms with van der Waals surface area (Å²) in [7, 11) is 0. The first kappa shape index (κ1) is 6.65. The third-order valence-corrected chi connectivity index (χ3v) is 2.03. The molecule has 2 rings (SSSR count). The van der Waals surface area contributed by atoms with Crippen molar-refractivity contribution in [3.05, 3.63) is 24.5 Å². The van der Waals surface area contributed by atoms with Crippen LogP contribution in [0.15, 0.2) is 19.0 Å². The number of nitrogens with zero attached hydrogens (tertiary/aromatic N) is 2. The summed E-state index contributed by atoms with van der Waals surface area (Å²) in [4.78, 5) is 0. The van der Waals surface area contributed by atoms with Gasteiger partial charge < -0.3 is 0 Å². The average molecular weight is 148 g/mol. The Morgan fingerprint density at radius 1 is 1.73 bits per heavy atom. The molecule has 1 heterocycles. The van der Waals surface area contributed by atoms with Gasteiger partial charge in [0.05, 0.1) is 6.20 Å². The molecule has 0 aliphatic heterocycles. The van der Waals surface area contributed by atoms with E-state index in [2.05, 4.69) is 11.7 Å². The zero-order valence-corrected chi connectivity index (χ0v) is 6.53. The second-order valence-corrected chi connectivity index (χ2v) is 3.14. The lowest BCUT2D eigenvalue weighted by atomic mass is 10.4.